The van der Waals surface area contributed by atoms with E-state index in [1.54, 1.807) is 0 Å². The highest BCUT2D eigenvalue weighted by molar-refractivity contribution is 8.03. The number of benzene rings is 1. The summed E-state index contributed by atoms with van der Waals surface area (Å²) < 4.78 is 0. The molecule has 0 saturated heterocycles. The van der Waals surface area contributed by atoms with Crippen LogP contribution in [0.3, 0.4) is 0 Å². The van der Waals surface area contributed by atoms with E-state index in [9.17, 15) is 0 Å². The van der Waals surface area contributed by atoms with Crippen LogP contribution in [0.15, 0.2) is 46.2 Å². The Morgan fingerprint density at radius 2 is 2.29 bits per heavy atom. The average molecular weight is 200 g/mol. The highest BCUT2D eigenvalue weighted by Crippen LogP contribution is 2.52. The van der Waals surface area contributed by atoms with Crippen LogP contribution in [0.4, 0.5) is 0 Å². The molecule has 70 valence electrons. The molecule has 0 aromatic heterocycles. The van der Waals surface area contributed by atoms with Crippen LogP contribution < -0.4 is 0 Å². The molecule has 0 saturated carbocycles. The predicted molar refractivity (Wildman–Crippen MR) is 61.6 cm³/mol. The van der Waals surface area contributed by atoms with Crippen LogP contribution in [-0.2, 0) is 0 Å². The van der Waals surface area contributed by atoms with Crippen molar-refractivity contribution in [3.05, 3.63) is 52.5 Å². The Bertz CT molecular complexity index is 441. The summed E-state index contributed by atoms with van der Waals surface area (Å²) in [7, 11) is 0. The summed E-state index contributed by atoms with van der Waals surface area (Å²) in [5.41, 5.74) is 2.95. The minimum Gasteiger partial charge on any atom is -0.0933 e. The lowest BCUT2D eigenvalue weighted by molar-refractivity contribution is 0.835. The highest BCUT2D eigenvalue weighted by Gasteiger charge is 2.28. The SMILES string of the molecule is Cc1cccc2c1SC1=CC=CCC12. The fourth-order valence-electron chi connectivity index (χ4n) is 2.20. The number of fused-ring (bicyclic) bond motifs is 3. The lowest BCUT2D eigenvalue weighted by atomic mass is 9.92. The Balaban J connectivity index is 2.17. The van der Waals surface area contributed by atoms with Crippen LogP contribution in [0.1, 0.15) is 23.5 Å². The van der Waals surface area contributed by atoms with E-state index in [1.165, 1.54) is 27.3 Å². The van der Waals surface area contributed by atoms with Gasteiger partial charge >= 0.3 is 0 Å². The van der Waals surface area contributed by atoms with Crippen molar-refractivity contribution in [3.8, 4) is 0 Å². The molecule has 0 N–H and O–H groups in total. The molecule has 0 fully saturated rings. The summed E-state index contributed by atoms with van der Waals surface area (Å²) in [6.45, 7) is 2.21. The summed E-state index contributed by atoms with van der Waals surface area (Å²) >= 11 is 1.96. The Labute approximate surface area is 88.7 Å². The van der Waals surface area contributed by atoms with Gasteiger partial charge in [0.25, 0.3) is 0 Å². The lowest BCUT2D eigenvalue weighted by Crippen LogP contribution is -1.96. The Morgan fingerprint density at radius 1 is 1.36 bits per heavy atom. The van der Waals surface area contributed by atoms with Gasteiger partial charge in [-0.3, -0.25) is 0 Å². The van der Waals surface area contributed by atoms with Crippen LogP contribution in [0, 0.1) is 6.92 Å². The molecule has 0 spiro atoms. The molecule has 1 heteroatoms. The van der Waals surface area contributed by atoms with E-state index in [-0.39, 0.29) is 0 Å². The molecule has 1 heterocycles. The van der Waals surface area contributed by atoms with Crippen molar-refractivity contribution >= 4 is 11.8 Å². The van der Waals surface area contributed by atoms with Crippen molar-refractivity contribution in [2.24, 2.45) is 0 Å². The van der Waals surface area contributed by atoms with Crippen LogP contribution >= 0.6 is 11.8 Å². The van der Waals surface area contributed by atoms with Crippen molar-refractivity contribution in [1.29, 1.82) is 0 Å². The maximum Gasteiger partial charge on any atom is 0.0199 e. The minimum atomic E-state index is 0.653. The smallest absolute Gasteiger partial charge is 0.0199 e. The number of hydrogen-bond acceptors (Lipinski definition) is 1. The normalized spacial score (nSPS) is 22.9. The third kappa shape index (κ3) is 1.09. The van der Waals surface area contributed by atoms with Crippen molar-refractivity contribution < 1.29 is 0 Å². The molecule has 1 atom stereocenters. The van der Waals surface area contributed by atoms with Gasteiger partial charge in [0, 0.05) is 10.8 Å². The molecule has 0 bridgehead atoms. The van der Waals surface area contributed by atoms with E-state index in [1.807, 2.05) is 11.8 Å². The first kappa shape index (κ1) is 8.37. The van der Waals surface area contributed by atoms with Gasteiger partial charge < -0.3 is 0 Å². The van der Waals surface area contributed by atoms with Crippen LogP contribution in [0.2, 0.25) is 0 Å². The van der Waals surface area contributed by atoms with Crippen LogP contribution in [-0.4, -0.2) is 0 Å². The van der Waals surface area contributed by atoms with E-state index in [4.69, 9.17) is 0 Å². The zero-order chi connectivity index (χ0) is 9.54. The largest absolute Gasteiger partial charge is 0.0933 e. The molecule has 0 radical (unpaired) electrons. The number of hydrogen-bond donors (Lipinski definition) is 0. The Kier molecular flexibility index (Phi) is 1.81. The van der Waals surface area contributed by atoms with E-state index < -0.39 is 0 Å². The summed E-state index contributed by atoms with van der Waals surface area (Å²) in [5.74, 6) is 0.653. The maximum atomic E-state index is 2.28. The zero-order valence-electron chi connectivity index (χ0n) is 8.16. The van der Waals surface area contributed by atoms with Gasteiger partial charge in [0.2, 0.25) is 0 Å². The molecule has 1 aliphatic heterocycles. The standard InChI is InChI=1S/C13H12S/c1-9-5-4-7-11-10-6-2-3-8-12(10)14-13(9)11/h2-5,7-8,10H,6H2,1H3. The number of rotatable bonds is 0. The van der Waals surface area contributed by atoms with Crippen molar-refractivity contribution in [2.45, 2.75) is 24.2 Å². The third-order valence-corrected chi connectivity index (χ3v) is 4.37. The molecular weight excluding hydrogens is 188 g/mol. The third-order valence-electron chi connectivity index (χ3n) is 2.95. The summed E-state index contributed by atoms with van der Waals surface area (Å²) in [5, 5.41) is 0. The predicted octanol–water partition coefficient (Wildman–Crippen LogP) is 4.03. The second-order valence-corrected chi connectivity index (χ2v) is 4.96. The molecule has 1 aliphatic carbocycles. The van der Waals surface area contributed by atoms with Gasteiger partial charge in [0.05, 0.1) is 0 Å². The fourth-order valence-corrected chi connectivity index (χ4v) is 3.51. The molecular formula is C13H12S. The van der Waals surface area contributed by atoms with Gasteiger partial charge in [-0.2, -0.15) is 0 Å². The van der Waals surface area contributed by atoms with Crippen molar-refractivity contribution in [3.63, 3.8) is 0 Å². The van der Waals surface area contributed by atoms with Gasteiger partial charge in [-0.25, -0.2) is 0 Å². The first-order valence-corrected chi connectivity index (χ1v) is 5.82. The van der Waals surface area contributed by atoms with Gasteiger partial charge in [-0.05, 0) is 29.4 Å². The van der Waals surface area contributed by atoms with E-state index in [0.717, 1.165) is 0 Å². The number of thioether (sulfide) groups is 1. The molecule has 14 heavy (non-hydrogen) atoms. The lowest BCUT2D eigenvalue weighted by Gasteiger charge is -2.12. The summed E-state index contributed by atoms with van der Waals surface area (Å²) in [6.07, 6.45) is 7.89. The Hall–Kier alpha value is -0.950. The van der Waals surface area contributed by atoms with E-state index in [0.29, 0.717) is 5.92 Å². The molecule has 2 aliphatic rings. The first-order valence-electron chi connectivity index (χ1n) is 5.00. The first-order chi connectivity index (χ1) is 6.86. The second-order valence-electron chi connectivity index (χ2n) is 3.88. The molecule has 1 aromatic carbocycles. The average Bonchev–Trinajstić information content (AvgIpc) is 2.59. The van der Waals surface area contributed by atoms with Gasteiger partial charge in [-0.15, -0.1) is 0 Å². The molecule has 0 amide bonds. The topological polar surface area (TPSA) is 0 Å². The van der Waals surface area contributed by atoms with Gasteiger partial charge in [-0.1, -0.05) is 48.2 Å². The second kappa shape index (κ2) is 3.03. The van der Waals surface area contributed by atoms with Crippen molar-refractivity contribution in [2.75, 3.05) is 0 Å². The quantitative estimate of drug-likeness (QED) is 0.609. The number of aryl methyl sites for hydroxylation is 1. The van der Waals surface area contributed by atoms with Crippen LogP contribution in [0.25, 0.3) is 0 Å². The summed E-state index contributed by atoms with van der Waals surface area (Å²) in [6, 6.07) is 6.66. The van der Waals surface area contributed by atoms with Gasteiger partial charge in [0.15, 0.2) is 0 Å². The molecule has 3 rings (SSSR count). The molecule has 1 unspecified atom stereocenters. The van der Waals surface area contributed by atoms with Crippen LogP contribution in [0.5, 0.6) is 0 Å². The highest BCUT2D eigenvalue weighted by atomic mass is 32.2. The summed E-state index contributed by atoms with van der Waals surface area (Å²) in [4.78, 5) is 3.02. The molecule has 1 aromatic rings. The van der Waals surface area contributed by atoms with E-state index in [2.05, 4.69) is 43.4 Å². The van der Waals surface area contributed by atoms with E-state index >= 15 is 0 Å². The Morgan fingerprint density at radius 3 is 3.21 bits per heavy atom. The fraction of sp³-hybridized carbons (Fsp3) is 0.231. The minimum absolute atomic E-state index is 0.653. The van der Waals surface area contributed by atoms with Crippen molar-refractivity contribution in [1.82, 2.24) is 0 Å². The maximum absolute atomic E-state index is 2.28. The van der Waals surface area contributed by atoms with Gasteiger partial charge in [0.1, 0.15) is 0 Å². The molecule has 0 nitrogen and oxygen atoms in total. The zero-order valence-corrected chi connectivity index (χ0v) is 8.97. The monoisotopic (exact) mass is 200 g/mol. The number of allylic oxidation sites excluding steroid dienone is 4.